The second kappa shape index (κ2) is 13.4. The fourth-order valence-corrected chi connectivity index (χ4v) is 4.45. The first-order chi connectivity index (χ1) is 17.3. The molecule has 9 heteroatoms. The number of nitrogens with one attached hydrogen (secondary N) is 2. The van der Waals surface area contributed by atoms with Crippen LogP contribution in [0.2, 0.25) is 0 Å². The molecule has 0 spiro atoms. The number of hydrogen-bond acceptors (Lipinski definition) is 5. The van der Waals surface area contributed by atoms with Crippen LogP contribution < -0.4 is 16.4 Å². The van der Waals surface area contributed by atoms with E-state index >= 15 is 0 Å². The van der Waals surface area contributed by atoms with Crippen molar-refractivity contribution in [1.29, 1.82) is 0 Å². The maximum absolute atomic E-state index is 14.1. The second-order valence-electron chi connectivity index (χ2n) is 11.0. The number of amides is 4. The van der Waals surface area contributed by atoms with Gasteiger partial charge in [0.1, 0.15) is 17.7 Å². The summed E-state index contributed by atoms with van der Waals surface area (Å²) in [6.07, 6.45) is 3.99. The van der Waals surface area contributed by atoms with Gasteiger partial charge < -0.3 is 26.0 Å². The van der Waals surface area contributed by atoms with Crippen LogP contribution in [0.1, 0.15) is 95.4 Å². The molecule has 1 fully saturated rings. The lowest BCUT2D eigenvalue weighted by Gasteiger charge is -2.44. The molecule has 0 aromatic heterocycles. The number of hydrogen-bond donors (Lipinski definition) is 3. The third-order valence-electron chi connectivity index (χ3n) is 6.44. The van der Waals surface area contributed by atoms with Gasteiger partial charge in [0, 0.05) is 12.6 Å². The number of ether oxygens (including phenoxy) is 1. The van der Waals surface area contributed by atoms with E-state index in [0.29, 0.717) is 12.1 Å². The molecule has 1 aromatic carbocycles. The van der Waals surface area contributed by atoms with E-state index in [9.17, 15) is 19.2 Å². The Morgan fingerprint density at radius 1 is 1.14 bits per heavy atom. The van der Waals surface area contributed by atoms with Crippen molar-refractivity contribution in [2.45, 2.75) is 110 Å². The summed E-state index contributed by atoms with van der Waals surface area (Å²) in [6, 6.07) is 3.42. The van der Waals surface area contributed by atoms with Gasteiger partial charge in [0.15, 0.2) is 0 Å². The summed E-state index contributed by atoms with van der Waals surface area (Å²) in [5.74, 6) is -1.54. The van der Waals surface area contributed by atoms with Gasteiger partial charge in [0.25, 0.3) is 0 Å². The van der Waals surface area contributed by atoms with Crippen molar-refractivity contribution >= 4 is 23.8 Å². The molecule has 2 atom stereocenters. The monoisotopic (exact) mass is 516 g/mol. The molecule has 0 aliphatic heterocycles. The molecule has 206 valence electrons. The predicted molar refractivity (Wildman–Crippen MR) is 143 cm³/mol. The molecule has 1 saturated carbocycles. The van der Waals surface area contributed by atoms with Gasteiger partial charge in [0.2, 0.25) is 17.7 Å². The number of unbranched alkanes of at least 4 members (excludes halogenated alkanes) is 2. The van der Waals surface area contributed by atoms with Gasteiger partial charge in [-0.3, -0.25) is 14.4 Å². The van der Waals surface area contributed by atoms with Crippen LogP contribution in [-0.4, -0.2) is 52.9 Å². The van der Waals surface area contributed by atoms with Crippen LogP contribution >= 0.6 is 0 Å². The van der Waals surface area contributed by atoms with E-state index < -0.39 is 42.0 Å². The zero-order valence-electron chi connectivity index (χ0n) is 23.2. The summed E-state index contributed by atoms with van der Waals surface area (Å²) >= 11 is 0. The van der Waals surface area contributed by atoms with Crippen molar-refractivity contribution < 1.29 is 23.9 Å². The predicted octanol–water partition coefficient (Wildman–Crippen LogP) is 3.80. The van der Waals surface area contributed by atoms with Crippen LogP contribution in [0.4, 0.5) is 4.79 Å². The Kier molecular flexibility index (Phi) is 10.9. The van der Waals surface area contributed by atoms with Crippen LogP contribution in [0.3, 0.4) is 0 Å². The number of nitrogens with zero attached hydrogens (tertiary/aromatic N) is 1. The highest BCUT2D eigenvalue weighted by atomic mass is 16.6. The molecule has 37 heavy (non-hydrogen) atoms. The summed E-state index contributed by atoms with van der Waals surface area (Å²) in [4.78, 5) is 53.8. The fraction of sp³-hybridized carbons (Fsp3) is 0.643. The van der Waals surface area contributed by atoms with Gasteiger partial charge in [-0.2, -0.15) is 0 Å². The van der Waals surface area contributed by atoms with Crippen molar-refractivity contribution in [2.24, 2.45) is 5.73 Å². The number of carbonyl (C=O) groups excluding carboxylic acids is 4. The van der Waals surface area contributed by atoms with E-state index in [0.717, 1.165) is 49.7 Å². The van der Waals surface area contributed by atoms with Crippen molar-refractivity contribution in [2.75, 3.05) is 6.54 Å². The normalized spacial score (nSPS) is 15.2. The van der Waals surface area contributed by atoms with Gasteiger partial charge in [0.05, 0.1) is 6.42 Å². The summed E-state index contributed by atoms with van der Waals surface area (Å²) in [5, 5.41) is 5.54. The molecule has 0 radical (unpaired) electrons. The van der Waals surface area contributed by atoms with Gasteiger partial charge >= 0.3 is 6.09 Å². The molecule has 1 aliphatic carbocycles. The van der Waals surface area contributed by atoms with Crippen LogP contribution in [0, 0.1) is 13.8 Å². The average Bonchev–Trinajstić information content (AvgIpc) is 2.73. The number of aryl methyl sites for hydroxylation is 2. The molecule has 0 heterocycles. The van der Waals surface area contributed by atoms with Gasteiger partial charge in [-0.15, -0.1) is 0 Å². The molecule has 2 unspecified atom stereocenters. The van der Waals surface area contributed by atoms with E-state index in [-0.39, 0.29) is 11.9 Å². The Balaban J connectivity index is 2.48. The van der Waals surface area contributed by atoms with Crippen LogP contribution in [0.5, 0.6) is 0 Å². The van der Waals surface area contributed by atoms with Crippen molar-refractivity contribution in [3.05, 3.63) is 34.9 Å². The first-order valence-electron chi connectivity index (χ1n) is 13.3. The van der Waals surface area contributed by atoms with E-state index in [2.05, 4.69) is 17.6 Å². The number of primary amides is 1. The topological polar surface area (TPSA) is 131 Å². The van der Waals surface area contributed by atoms with Crippen LogP contribution in [-0.2, 0) is 19.1 Å². The molecule has 1 aromatic rings. The molecule has 4 N–H and O–H groups in total. The minimum Gasteiger partial charge on any atom is -0.444 e. The van der Waals surface area contributed by atoms with E-state index in [1.54, 1.807) is 25.7 Å². The van der Waals surface area contributed by atoms with E-state index in [1.165, 1.54) is 0 Å². The zero-order valence-corrected chi connectivity index (χ0v) is 23.2. The second-order valence-corrected chi connectivity index (χ2v) is 11.0. The molecular formula is C28H44N4O5. The summed E-state index contributed by atoms with van der Waals surface area (Å²) in [7, 11) is 0. The Hall–Kier alpha value is -3.10. The lowest BCUT2D eigenvalue weighted by atomic mass is 9.87. The Morgan fingerprint density at radius 2 is 1.81 bits per heavy atom. The Morgan fingerprint density at radius 3 is 2.32 bits per heavy atom. The minimum absolute atomic E-state index is 0.199. The molecule has 4 amide bonds. The third-order valence-corrected chi connectivity index (χ3v) is 6.44. The number of alkyl carbamates (subject to hydrolysis) is 1. The van der Waals surface area contributed by atoms with Crippen LogP contribution in [0.15, 0.2) is 18.2 Å². The highest BCUT2D eigenvalue weighted by molar-refractivity contribution is 5.95. The SMILES string of the molecule is CCCCCNC(=O)C(c1ccc(C)cc1C)N(C(=O)C(CC(N)=O)NC(=O)OC(C)(C)C)C1CCC1. The van der Waals surface area contributed by atoms with Gasteiger partial charge in [-0.25, -0.2) is 4.79 Å². The minimum atomic E-state index is -1.26. The molecule has 2 rings (SSSR count). The lowest BCUT2D eigenvalue weighted by Crippen LogP contribution is -2.58. The molecule has 0 saturated heterocycles. The Labute approximate surface area is 220 Å². The van der Waals surface area contributed by atoms with Crippen molar-refractivity contribution in [3.8, 4) is 0 Å². The average molecular weight is 517 g/mol. The maximum Gasteiger partial charge on any atom is 0.408 e. The molecule has 9 nitrogen and oxygen atoms in total. The zero-order chi connectivity index (χ0) is 27.8. The third kappa shape index (κ3) is 9.05. The standard InChI is InChI=1S/C28H44N4O5/c1-7-8-9-15-30-25(34)24(21-14-13-18(2)16-19(21)3)32(20-11-10-12-20)26(35)22(17-23(29)33)31-27(36)37-28(4,5)6/h13-14,16,20,22,24H,7-12,15,17H2,1-6H3,(H2,29,33)(H,30,34)(H,31,36). The van der Waals surface area contributed by atoms with Crippen LogP contribution in [0.25, 0.3) is 0 Å². The van der Waals surface area contributed by atoms with Gasteiger partial charge in [-0.05, 0) is 71.4 Å². The quantitative estimate of drug-likeness (QED) is 0.364. The highest BCUT2D eigenvalue weighted by Gasteiger charge is 2.42. The number of nitrogens with two attached hydrogens (primary N) is 1. The van der Waals surface area contributed by atoms with Crippen molar-refractivity contribution in [3.63, 3.8) is 0 Å². The first-order valence-corrected chi connectivity index (χ1v) is 13.3. The number of rotatable bonds is 12. The van der Waals surface area contributed by atoms with Gasteiger partial charge in [-0.1, -0.05) is 43.5 Å². The highest BCUT2D eigenvalue weighted by Crippen LogP contribution is 2.35. The largest absolute Gasteiger partial charge is 0.444 e. The Bertz CT molecular complexity index is 968. The molecular weight excluding hydrogens is 472 g/mol. The van der Waals surface area contributed by atoms with Crippen molar-refractivity contribution in [1.82, 2.24) is 15.5 Å². The number of carbonyl (C=O) groups is 4. The number of benzene rings is 1. The molecule has 0 bridgehead atoms. The maximum atomic E-state index is 14.1. The lowest BCUT2D eigenvalue weighted by molar-refractivity contribution is -0.148. The smallest absolute Gasteiger partial charge is 0.408 e. The molecule has 1 aliphatic rings. The van der Waals surface area contributed by atoms with E-state index in [4.69, 9.17) is 10.5 Å². The fourth-order valence-electron chi connectivity index (χ4n) is 4.45. The van der Waals surface area contributed by atoms with E-state index in [1.807, 2.05) is 32.0 Å². The first kappa shape index (κ1) is 30.1. The summed E-state index contributed by atoms with van der Waals surface area (Å²) in [6.45, 7) is 11.6. The summed E-state index contributed by atoms with van der Waals surface area (Å²) < 4.78 is 5.33. The summed E-state index contributed by atoms with van der Waals surface area (Å²) in [5.41, 5.74) is 7.31.